The van der Waals surface area contributed by atoms with E-state index >= 15 is 0 Å². The Kier molecular flexibility index (Phi) is 8.24. The number of ether oxygens (including phenoxy) is 2. The summed E-state index contributed by atoms with van der Waals surface area (Å²) in [5.41, 5.74) is 2.25. The minimum absolute atomic E-state index is 0.376. The number of esters is 2. The second-order valence-electron chi connectivity index (χ2n) is 7.73. The highest BCUT2D eigenvalue weighted by Gasteiger charge is 2.19. The van der Waals surface area contributed by atoms with Gasteiger partial charge in [-0.25, -0.2) is 9.59 Å². The molecule has 0 N–H and O–H groups in total. The van der Waals surface area contributed by atoms with Gasteiger partial charge in [0.15, 0.2) is 0 Å². The second-order valence-corrected chi connectivity index (χ2v) is 7.73. The quantitative estimate of drug-likeness (QED) is 0.517. The fraction of sp³-hybridized carbons (Fsp3) is 0.417. The van der Waals surface area contributed by atoms with E-state index in [4.69, 9.17) is 9.47 Å². The largest absolute Gasteiger partial charge is 0.462 e. The van der Waals surface area contributed by atoms with E-state index in [9.17, 15) is 9.59 Å². The Morgan fingerprint density at radius 2 is 1.04 bits per heavy atom. The van der Waals surface area contributed by atoms with Crippen LogP contribution in [0.25, 0.3) is 11.1 Å². The Hall–Kier alpha value is -2.62. The first-order chi connectivity index (χ1) is 13.4. The number of rotatable bonds is 9. The van der Waals surface area contributed by atoms with Crippen molar-refractivity contribution in [2.24, 2.45) is 11.8 Å². The van der Waals surface area contributed by atoms with Gasteiger partial charge in [-0.05, 0) is 47.9 Å². The Morgan fingerprint density at radius 3 is 1.39 bits per heavy atom. The van der Waals surface area contributed by atoms with Crippen LogP contribution in [0.4, 0.5) is 0 Å². The summed E-state index contributed by atoms with van der Waals surface area (Å²) in [5, 5.41) is 0. The second kappa shape index (κ2) is 10.6. The van der Waals surface area contributed by atoms with E-state index in [2.05, 4.69) is 27.7 Å². The Balaban J connectivity index is 2.26. The molecule has 28 heavy (non-hydrogen) atoms. The average Bonchev–Trinajstić information content (AvgIpc) is 2.67. The molecular formula is C24H30O4. The summed E-state index contributed by atoms with van der Waals surface area (Å²) in [4.78, 5) is 25.2. The van der Waals surface area contributed by atoms with Crippen LogP contribution in [0.15, 0.2) is 48.5 Å². The van der Waals surface area contributed by atoms with Crippen molar-refractivity contribution in [3.63, 3.8) is 0 Å². The third-order valence-electron chi connectivity index (χ3n) is 4.44. The predicted molar refractivity (Wildman–Crippen MR) is 111 cm³/mol. The van der Waals surface area contributed by atoms with Gasteiger partial charge in [0.1, 0.15) is 0 Å². The monoisotopic (exact) mass is 382 g/mol. The molecule has 0 amide bonds. The molecule has 4 heteroatoms. The molecule has 2 rings (SSSR count). The van der Waals surface area contributed by atoms with E-state index in [1.54, 1.807) is 24.3 Å². The van der Waals surface area contributed by atoms with Crippen LogP contribution in [0.1, 0.15) is 61.3 Å². The molecule has 150 valence electrons. The van der Waals surface area contributed by atoms with Crippen molar-refractivity contribution in [2.75, 3.05) is 13.2 Å². The minimum Gasteiger partial charge on any atom is -0.462 e. The van der Waals surface area contributed by atoms with E-state index in [0.29, 0.717) is 47.3 Å². The maximum atomic E-state index is 12.6. The van der Waals surface area contributed by atoms with Crippen molar-refractivity contribution < 1.29 is 19.1 Å². The van der Waals surface area contributed by atoms with E-state index in [1.165, 1.54) is 0 Å². The number of carbonyl (C=O) groups is 2. The molecule has 0 unspecified atom stereocenters. The van der Waals surface area contributed by atoms with Gasteiger partial charge < -0.3 is 9.47 Å². The lowest BCUT2D eigenvalue weighted by Gasteiger charge is -2.14. The number of hydrogen-bond donors (Lipinski definition) is 0. The molecule has 0 aliphatic carbocycles. The van der Waals surface area contributed by atoms with Crippen LogP contribution in [-0.4, -0.2) is 25.2 Å². The summed E-state index contributed by atoms with van der Waals surface area (Å²) in [6.07, 6.45) is 1.62. The van der Waals surface area contributed by atoms with Gasteiger partial charge in [-0.15, -0.1) is 0 Å². The first kappa shape index (κ1) is 21.7. The minimum atomic E-state index is -0.376. The lowest BCUT2D eigenvalue weighted by molar-refractivity contribution is 0.0476. The summed E-state index contributed by atoms with van der Waals surface area (Å²) in [7, 11) is 0. The van der Waals surface area contributed by atoms with Gasteiger partial charge in [0, 0.05) is 0 Å². The fourth-order valence-corrected chi connectivity index (χ4v) is 2.72. The van der Waals surface area contributed by atoms with Gasteiger partial charge in [-0.1, -0.05) is 64.1 Å². The zero-order valence-corrected chi connectivity index (χ0v) is 17.2. The fourth-order valence-electron chi connectivity index (χ4n) is 2.72. The highest BCUT2D eigenvalue weighted by molar-refractivity contribution is 6.03. The van der Waals surface area contributed by atoms with Crippen LogP contribution < -0.4 is 0 Å². The van der Waals surface area contributed by atoms with Crippen molar-refractivity contribution in [3.05, 3.63) is 59.7 Å². The van der Waals surface area contributed by atoms with Gasteiger partial charge in [-0.2, -0.15) is 0 Å². The summed E-state index contributed by atoms with van der Waals surface area (Å²) in [5.74, 6) is 0.173. The van der Waals surface area contributed by atoms with E-state index in [0.717, 1.165) is 12.8 Å². The molecule has 0 saturated carbocycles. The lowest BCUT2D eigenvalue weighted by atomic mass is 9.95. The number of carbonyl (C=O) groups excluding carboxylic acids is 2. The van der Waals surface area contributed by atoms with Crippen LogP contribution >= 0.6 is 0 Å². The summed E-state index contributed by atoms with van der Waals surface area (Å²) >= 11 is 0. The van der Waals surface area contributed by atoms with Gasteiger partial charge in [-0.3, -0.25) is 0 Å². The summed E-state index contributed by atoms with van der Waals surface area (Å²) < 4.78 is 10.9. The molecule has 0 bridgehead atoms. The highest BCUT2D eigenvalue weighted by Crippen LogP contribution is 2.28. The smallest absolute Gasteiger partial charge is 0.338 e. The zero-order chi connectivity index (χ0) is 20.5. The van der Waals surface area contributed by atoms with Crippen molar-refractivity contribution in [3.8, 4) is 11.1 Å². The van der Waals surface area contributed by atoms with Crippen LogP contribution in [0, 0.1) is 11.8 Å². The molecule has 0 heterocycles. The van der Waals surface area contributed by atoms with Crippen molar-refractivity contribution in [2.45, 2.75) is 40.5 Å². The normalized spacial score (nSPS) is 10.9. The number of hydrogen-bond acceptors (Lipinski definition) is 4. The molecule has 0 aliphatic heterocycles. The van der Waals surface area contributed by atoms with Crippen LogP contribution in [0.3, 0.4) is 0 Å². The van der Waals surface area contributed by atoms with Gasteiger partial charge in [0.25, 0.3) is 0 Å². The summed E-state index contributed by atoms with van der Waals surface area (Å²) in [6.45, 7) is 9.10. The van der Waals surface area contributed by atoms with E-state index in [-0.39, 0.29) is 11.9 Å². The molecule has 0 radical (unpaired) electrons. The molecule has 0 atom stereocenters. The maximum Gasteiger partial charge on any atom is 0.338 e. The van der Waals surface area contributed by atoms with Gasteiger partial charge >= 0.3 is 11.9 Å². The lowest BCUT2D eigenvalue weighted by Crippen LogP contribution is -2.12. The molecule has 0 aromatic heterocycles. The van der Waals surface area contributed by atoms with Crippen LogP contribution in [-0.2, 0) is 9.47 Å². The van der Waals surface area contributed by atoms with Crippen LogP contribution in [0.5, 0.6) is 0 Å². The molecule has 2 aromatic rings. The first-order valence-corrected chi connectivity index (χ1v) is 9.92. The first-order valence-electron chi connectivity index (χ1n) is 9.92. The zero-order valence-electron chi connectivity index (χ0n) is 17.2. The Bertz CT molecular complexity index is 725. The molecule has 4 nitrogen and oxygen atoms in total. The van der Waals surface area contributed by atoms with Crippen molar-refractivity contribution in [1.82, 2.24) is 0 Å². The SMILES string of the molecule is CC(C)CCOC(=O)c1ccccc1-c1ccccc1C(=O)OCCC(C)C. The molecular weight excluding hydrogens is 352 g/mol. The molecule has 2 aromatic carbocycles. The standard InChI is InChI=1S/C24H30O4/c1-17(2)13-15-27-23(25)21-11-7-5-9-19(21)20-10-6-8-12-22(20)24(26)28-16-14-18(3)4/h5-12,17-18H,13-16H2,1-4H3. The van der Waals surface area contributed by atoms with Gasteiger partial charge in [0.05, 0.1) is 24.3 Å². The molecule has 0 aliphatic rings. The Morgan fingerprint density at radius 1 is 0.679 bits per heavy atom. The molecule has 0 saturated heterocycles. The maximum absolute atomic E-state index is 12.6. The third-order valence-corrected chi connectivity index (χ3v) is 4.44. The van der Waals surface area contributed by atoms with Crippen molar-refractivity contribution in [1.29, 1.82) is 0 Å². The van der Waals surface area contributed by atoms with Crippen molar-refractivity contribution >= 4 is 11.9 Å². The average molecular weight is 383 g/mol. The summed E-state index contributed by atoms with van der Waals surface area (Å²) in [6, 6.07) is 14.4. The predicted octanol–water partition coefficient (Wildman–Crippen LogP) is 5.76. The Labute approximate surface area is 167 Å². The van der Waals surface area contributed by atoms with E-state index < -0.39 is 0 Å². The van der Waals surface area contributed by atoms with E-state index in [1.807, 2.05) is 24.3 Å². The van der Waals surface area contributed by atoms with Gasteiger partial charge in [0.2, 0.25) is 0 Å². The third kappa shape index (κ3) is 6.22. The topological polar surface area (TPSA) is 52.6 Å². The highest BCUT2D eigenvalue weighted by atomic mass is 16.5. The molecule has 0 spiro atoms. The van der Waals surface area contributed by atoms with Crippen LogP contribution in [0.2, 0.25) is 0 Å². The number of benzene rings is 2. The molecule has 0 fully saturated rings.